The molecule has 56 valence electrons. The maximum atomic E-state index is 11.1. The third kappa shape index (κ3) is 0.756. The molecule has 2 aromatic heterocycles. The van der Waals surface area contributed by atoms with Gasteiger partial charge in [-0.05, 0) is 6.92 Å². The van der Waals surface area contributed by atoms with Gasteiger partial charge in [0.2, 0.25) is 0 Å². The number of imidazole rings is 1. The van der Waals surface area contributed by atoms with Crippen LogP contribution in [0.5, 0.6) is 0 Å². The van der Waals surface area contributed by atoms with Crippen LogP contribution in [0.4, 0.5) is 0 Å². The van der Waals surface area contributed by atoms with Crippen LogP contribution in [0.25, 0.3) is 5.52 Å². The molecule has 4 heteroatoms. The lowest BCUT2D eigenvalue weighted by Crippen LogP contribution is -2.07. The van der Waals surface area contributed by atoms with Crippen LogP contribution < -0.4 is 5.56 Å². The molecule has 0 aliphatic rings. The van der Waals surface area contributed by atoms with Crippen LogP contribution in [0.1, 0.15) is 5.82 Å². The number of H-pyrrole nitrogens is 1. The van der Waals surface area contributed by atoms with Crippen LogP contribution in [-0.2, 0) is 0 Å². The smallest absolute Gasteiger partial charge is 0.273 e. The average molecular weight is 149 g/mol. The molecule has 0 bridgehead atoms. The van der Waals surface area contributed by atoms with E-state index in [0.29, 0.717) is 5.52 Å². The summed E-state index contributed by atoms with van der Waals surface area (Å²) in [6.07, 6.45) is 4.94. The largest absolute Gasteiger partial charge is 0.326 e. The molecular weight excluding hydrogens is 142 g/mol. The van der Waals surface area contributed by atoms with E-state index in [2.05, 4.69) is 9.97 Å². The highest BCUT2D eigenvalue weighted by atomic mass is 16.1. The van der Waals surface area contributed by atoms with E-state index in [1.165, 1.54) is 0 Å². The lowest BCUT2D eigenvalue weighted by atomic mass is 10.5. The first-order chi connectivity index (χ1) is 5.29. The zero-order valence-corrected chi connectivity index (χ0v) is 6.03. The molecule has 11 heavy (non-hydrogen) atoms. The number of nitrogens with one attached hydrogen (secondary N) is 1. The summed E-state index contributed by atoms with van der Waals surface area (Å²) in [4.78, 5) is 17.6. The third-order valence-electron chi connectivity index (χ3n) is 1.65. The van der Waals surface area contributed by atoms with Crippen molar-refractivity contribution in [1.82, 2.24) is 14.4 Å². The number of hydrogen-bond donors (Lipinski definition) is 1. The van der Waals surface area contributed by atoms with Gasteiger partial charge in [-0.15, -0.1) is 0 Å². The molecule has 0 amide bonds. The number of aryl methyl sites for hydroxylation is 1. The van der Waals surface area contributed by atoms with Crippen molar-refractivity contribution in [1.29, 1.82) is 0 Å². The van der Waals surface area contributed by atoms with Crippen molar-refractivity contribution in [3.8, 4) is 0 Å². The Hall–Kier alpha value is -1.58. The quantitative estimate of drug-likeness (QED) is 0.586. The summed E-state index contributed by atoms with van der Waals surface area (Å²) in [5.74, 6) is 0.825. The molecule has 0 aliphatic carbocycles. The lowest BCUT2D eigenvalue weighted by molar-refractivity contribution is 1.02. The van der Waals surface area contributed by atoms with Gasteiger partial charge in [0.05, 0.1) is 6.20 Å². The first-order valence-electron chi connectivity index (χ1n) is 3.30. The van der Waals surface area contributed by atoms with E-state index in [1.807, 2.05) is 6.92 Å². The molecule has 2 aromatic rings. The van der Waals surface area contributed by atoms with E-state index in [-0.39, 0.29) is 5.56 Å². The first-order valence-corrected chi connectivity index (χ1v) is 3.30. The van der Waals surface area contributed by atoms with Crippen molar-refractivity contribution < 1.29 is 0 Å². The van der Waals surface area contributed by atoms with E-state index >= 15 is 0 Å². The molecule has 0 atom stereocenters. The Morgan fingerprint density at radius 1 is 1.64 bits per heavy atom. The second kappa shape index (κ2) is 1.95. The van der Waals surface area contributed by atoms with Crippen molar-refractivity contribution in [3.05, 3.63) is 34.8 Å². The number of aromatic nitrogens is 3. The second-order valence-electron chi connectivity index (χ2n) is 2.35. The average Bonchev–Trinajstić information content (AvgIpc) is 2.35. The fourth-order valence-electron chi connectivity index (χ4n) is 1.07. The van der Waals surface area contributed by atoms with Crippen molar-refractivity contribution in [2.24, 2.45) is 0 Å². The Morgan fingerprint density at radius 2 is 2.45 bits per heavy atom. The minimum absolute atomic E-state index is 0.104. The Labute approximate surface area is 62.5 Å². The molecule has 0 aliphatic heterocycles. The minimum Gasteiger partial charge on any atom is -0.326 e. The maximum absolute atomic E-state index is 11.1. The topological polar surface area (TPSA) is 50.2 Å². The summed E-state index contributed by atoms with van der Waals surface area (Å²) in [5.41, 5.74) is 0.484. The molecule has 0 radical (unpaired) electrons. The zero-order chi connectivity index (χ0) is 7.84. The molecule has 4 nitrogen and oxygen atoms in total. The molecule has 0 unspecified atom stereocenters. The standard InChI is InChI=1S/C7H7N3O/c1-5-9-4-6-7(11)8-2-3-10(5)6/h2-4H,1H3,(H,8,11). The second-order valence-corrected chi connectivity index (χ2v) is 2.35. The van der Waals surface area contributed by atoms with Gasteiger partial charge in [0.25, 0.3) is 5.56 Å². The highest BCUT2D eigenvalue weighted by Gasteiger charge is 1.99. The van der Waals surface area contributed by atoms with Crippen LogP contribution >= 0.6 is 0 Å². The van der Waals surface area contributed by atoms with E-state index in [0.717, 1.165) is 5.82 Å². The predicted octanol–water partition coefficient (Wildman–Crippen LogP) is 0.331. The number of fused-ring (bicyclic) bond motifs is 1. The van der Waals surface area contributed by atoms with Gasteiger partial charge in [0.15, 0.2) is 0 Å². The van der Waals surface area contributed by atoms with E-state index in [4.69, 9.17) is 0 Å². The van der Waals surface area contributed by atoms with Gasteiger partial charge in [-0.2, -0.15) is 0 Å². The van der Waals surface area contributed by atoms with Crippen LogP contribution in [0.3, 0.4) is 0 Å². The number of hydrogen-bond acceptors (Lipinski definition) is 2. The zero-order valence-electron chi connectivity index (χ0n) is 6.03. The lowest BCUT2D eigenvalue weighted by Gasteiger charge is -1.91. The highest BCUT2D eigenvalue weighted by Crippen LogP contribution is 1.97. The van der Waals surface area contributed by atoms with Crippen molar-refractivity contribution >= 4 is 5.52 Å². The van der Waals surface area contributed by atoms with Gasteiger partial charge in [-0.25, -0.2) is 4.98 Å². The van der Waals surface area contributed by atoms with E-state index in [1.54, 1.807) is 23.0 Å². The molecule has 0 spiro atoms. The normalized spacial score (nSPS) is 10.6. The molecule has 2 heterocycles. The van der Waals surface area contributed by atoms with Gasteiger partial charge in [0, 0.05) is 12.4 Å². The first kappa shape index (κ1) is 6.15. The monoisotopic (exact) mass is 149 g/mol. The van der Waals surface area contributed by atoms with Crippen LogP contribution in [0.2, 0.25) is 0 Å². The molecule has 2 rings (SSSR count). The summed E-state index contributed by atoms with van der Waals surface area (Å²) in [5, 5.41) is 0. The summed E-state index contributed by atoms with van der Waals surface area (Å²) >= 11 is 0. The van der Waals surface area contributed by atoms with Crippen LogP contribution in [0, 0.1) is 6.92 Å². The Bertz CT molecular complexity index is 440. The molecule has 0 saturated heterocycles. The third-order valence-corrected chi connectivity index (χ3v) is 1.65. The number of nitrogens with zero attached hydrogens (tertiary/aromatic N) is 2. The molecule has 1 N–H and O–H groups in total. The Balaban J connectivity index is 3.06. The Morgan fingerprint density at radius 3 is 3.18 bits per heavy atom. The molecule has 0 fully saturated rings. The predicted molar refractivity (Wildman–Crippen MR) is 40.5 cm³/mol. The number of aromatic amines is 1. The van der Waals surface area contributed by atoms with Crippen LogP contribution in [0.15, 0.2) is 23.4 Å². The Kier molecular flexibility index (Phi) is 1.09. The number of rotatable bonds is 0. The fourth-order valence-corrected chi connectivity index (χ4v) is 1.07. The van der Waals surface area contributed by atoms with Gasteiger partial charge in [-0.1, -0.05) is 0 Å². The maximum Gasteiger partial charge on any atom is 0.273 e. The van der Waals surface area contributed by atoms with E-state index in [9.17, 15) is 4.79 Å². The summed E-state index contributed by atoms with van der Waals surface area (Å²) < 4.78 is 1.75. The van der Waals surface area contributed by atoms with Gasteiger partial charge >= 0.3 is 0 Å². The van der Waals surface area contributed by atoms with Crippen molar-refractivity contribution in [2.75, 3.05) is 0 Å². The summed E-state index contributed by atoms with van der Waals surface area (Å²) in [6, 6.07) is 0. The minimum atomic E-state index is -0.104. The van der Waals surface area contributed by atoms with Crippen LogP contribution in [-0.4, -0.2) is 14.4 Å². The van der Waals surface area contributed by atoms with Gasteiger partial charge < -0.3 is 4.98 Å². The molecular formula is C7H7N3O. The van der Waals surface area contributed by atoms with E-state index < -0.39 is 0 Å². The van der Waals surface area contributed by atoms with Crippen molar-refractivity contribution in [2.45, 2.75) is 6.92 Å². The summed E-state index contributed by atoms with van der Waals surface area (Å²) in [6.45, 7) is 1.85. The highest BCUT2D eigenvalue weighted by molar-refractivity contribution is 5.42. The molecule has 0 saturated carbocycles. The SMILES string of the molecule is Cc1ncc2c(=O)[nH]ccn12. The van der Waals surface area contributed by atoms with Crippen molar-refractivity contribution in [3.63, 3.8) is 0 Å². The summed E-state index contributed by atoms with van der Waals surface area (Å²) in [7, 11) is 0. The van der Waals surface area contributed by atoms with Gasteiger partial charge in [0.1, 0.15) is 11.3 Å². The fraction of sp³-hybridized carbons (Fsp3) is 0.143. The molecule has 0 aromatic carbocycles. The van der Waals surface area contributed by atoms with Gasteiger partial charge in [-0.3, -0.25) is 9.20 Å².